The van der Waals surface area contributed by atoms with E-state index in [4.69, 9.17) is 5.11 Å². The van der Waals surface area contributed by atoms with Gasteiger partial charge in [-0.1, -0.05) is 30.8 Å². The lowest BCUT2D eigenvalue weighted by molar-refractivity contribution is -0.132. The van der Waals surface area contributed by atoms with Crippen molar-refractivity contribution in [2.75, 3.05) is 7.11 Å². The van der Waals surface area contributed by atoms with Crippen molar-refractivity contribution < 1.29 is 33.0 Å². The number of allylic oxidation sites excluding steroid dienone is 2. The van der Waals surface area contributed by atoms with Crippen LogP contribution in [0.25, 0.3) is 0 Å². The second kappa shape index (κ2) is 6.69. The molecule has 0 amide bonds. The summed E-state index contributed by atoms with van der Waals surface area (Å²) in [6.45, 7) is 4.75. The Hall–Kier alpha value is -2.27. The van der Waals surface area contributed by atoms with Crippen LogP contribution in [0.5, 0.6) is 0 Å². The van der Waals surface area contributed by atoms with E-state index in [9.17, 15) is 23.1 Å². The highest BCUT2D eigenvalue weighted by Gasteiger charge is 2.47. The number of carboxylic acid groups (broad SMARTS) is 1. The first kappa shape index (κ1) is 19.8. The molecule has 0 aromatic carbocycles. The number of alkyl halides is 3. The van der Waals surface area contributed by atoms with Crippen LogP contribution in [0.2, 0.25) is 0 Å². The lowest BCUT2D eigenvalue weighted by atomic mass is 9.65. The van der Waals surface area contributed by atoms with Crippen LogP contribution in [0, 0.1) is 17.3 Å². The number of aliphatic hydroxyl groups is 1. The molecular weight excluding hydrogens is 327 g/mol. The van der Waals surface area contributed by atoms with Crippen LogP contribution >= 0.6 is 0 Å². The van der Waals surface area contributed by atoms with Gasteiger partial charge in [0.1, 0.15) is 12.7 Å². The van der Waals surface area contributed by atoms with E-state index in [1.165, 1.54) is 20.1 Å². The molecule has 0 aromatic heterocycles. The Labute approximate surface area is 137 Å². The van der Waals surface area contributed by atoms with Crippen molar-refractivity contribution in [3.63, 3.8) is 0 Å². The van der Waals surface area contributed by atoms with E-state index >= 15 is 0 Å². The smallest absolute Gasteiger partial charge is 0.424 e. The molecule has 132 valence electrons. The highest BCUT2D eigenvalue weighted by Crippen LogP contribution is 2.43. The molecule has 1 aliphatic rings. The molecule has 1 aliphatic carbocycles. The van der Waals surface area contributed by atoms with Gasteiger partial charge in [0.15, 0.2) is 5.60 Å². The molecule has 1 unspecified atom stereocenters. The number of nitrogens with zero attached hydrogens (tertiary/aromatic N) is 1. The minimum absolute atomic E-state index is 0.0248. The van der Waals surface area contributed by atoms with E-state index in [1.807, 2.05) is 0 Å². The summed E-state index contributed by atoms with van der Waals surface area (Å²) in [5, 5.41) is 23.2. The summed E-state index contributed by atoms with van der Waals surface area (Å²) in [7, 11) is 1.36. The van der Waals surface area contributed by atoms with Gasteiger partial charge in [-0.25, -0.2) is 4.79 Å². The summed E-state index contributed by atoms with van der Waals surface area (Å²) in [5.41, 5.74) is -3.57. The Morgan fingerprint density at radius 1 is 1.46 bits per heavy atom. The minimum atomic E-state index is -4.93. The molecule has 0 fully saturated rings. The molecule has 0 saturated heterocycles. The second-order valence-electron chi connectivity index (χ2n) is 6.01. The van der Waals surface area contributed by atoms with E-state index in [2.05, 4.69) is 15.9 Å². The number of oxime groups is 1. The Balaban J connectivity index is 3.43. The molecule has 2 N–H and O–H groups in total. The number of carbonyl (C=O) groups is 1. The maximum atomic E-state index is 12.8. The maximum absolute atomic E-state index is 12.8. The summed E-state index contributed by atoms with van der Waals surface area (Å²) >= 11 is 0. The van der Waals surface area contributed by atoms with Gasteiger partial charge in [-0.2, -0.15) is 13.2 Å². The fraction of sp³-hybridized carbons (Fsp3) is 0.500. The summed E-state index contributed by atoms with van der Waals surface area (Å²) in [4.78, 5) is 15.2. The zero-order valence-corrected chi connectivity index (χ0v) is 13.7. The Kier molecular flexibility index (Phi) is 5.51. The first-order valence-corrected chi connectivity index (χ1v) is 6.89. The molecule has 0 spiro atoms. The standard InChI is InChI=1S/C16H18F3NO4/c1-10-7-12(20-24-4)9-14(2,3)15(10,23)6-5-11(8-13(21)22)16(17,18)19/h7-8,23H,9H2,1-4H3,(H,21,22). The number of halogens is 3. The van der Waals surface area contributed by atoms with Gasteiger partial charge in [0.2, 0.25) is 0 Å². The molecule has 0 bridgehead atoms. The lowest BCUT2D eigenvalue weighted by Gasteiger charge is -2.42. The molecule has 0 heterocycles. The average molecular weight is 345 g/mol. The lowest BCUT2D eigenvalue weighted by Crippen LogP contribution is -2.48. The summed E-state index contributed by atoms with van der Waals surface area (Å²) < 4.78 is 38.5. The summed E-state index contributed by atoms with van der Waals surface area (Å²) in [6, 6.07) is 0. The normalized spacial score (nSPS) is 25.6. The van der Waals surface area contributed by atoms with E-state index in [0.29, 0.717) is 11.3 Å². The van der Waals surface area contributed by atoms with Crippen LogP contribution in [0.15, 0.2) is 28.5 Å². The van der Waals surface area contributed by atoms with Gasteiger partial charge in [-0.15, -0.1) is 0 Å². The van der Waals surface area contributed by atoms with E-state index in [1.54, 1.807) is 19.8 Å². The predicted octanol–water partition coefficient (Wildman–Crippen LogP) is 2.67. The fourth-order valence-electron chi connectivity index (χ4n) is 2.43. The SMILES string of the molecule is CON=C1C=C(C)C(O)(C#CC(=CC(=O)O)C(F)(F)F)C(C)(C)C1. The third-order valence-corrected chi connectivity index (χ3v) is 3.72. The maximum Gasteiger partial charge on any atom is 0.424 e. The summed E-state index contributed by atoms with van der Waals surface area (Å²) in [5.74, 6) is 2.21. The largest absolute Gasteiger partial charge is 0.478 e. The van der Waals surface area contributed by atoms with Crippen molar-refractivity contribution in [1.82, 2.24) is 0 Å². The van der Waals surface area contributed by atoms with Gasteiger partial charge in [0.25, 0.3) is 0 Å². The predicted molar refractivity (Wildman–Crippen MR) is 81.1 cm³/mol. The Morgan fingerprint density at radius 3 is 2.46 bits per heavy atom. The highest BCUT2D eigenvalue weighted by atomic mass is 19.4. The van der Waals surface area contributed by atoms with Gasteiger partial charge in [0.05, 0.1) is 5.71 Å². The van der Waals surface area contributed by atoms with Gasteiger partial charge < -0.3 is 15.1 Å². The molecule has 24 heavy (non-hydrogen) atoms. The van der Waals surface area contributed by atoms with Crippen molar-refractivity contribution in [2.24, 2.45) is 10.6 Å². The van der Waals surface area contributed by atoms with Crippen molar-refractivity contribution in [3.8, 4) is 11.8 Å². The summed E-state index contributed by atoms with van der Waals surface area (Å²) in [6.07, 6.45) is -3.26. The molecule has 0 aromatic rings. The van der Waals surface area contributed by atoms with E-state index < -0.39 is 28.7 Å². The number of carboxylic acids is 1. The van der Waals surface area contributed by atoms with Crippen LogP contribution in [0.3, 0.4) is 0 Å². The van der Waals surface area contributed by atoms with Crippen LogP contribution in [0.1, 0.15) is 27.2 Å². The average Bonchev–Trinajstić information content (AvgIpc) is 2.39. The molecule has 5 nitrogen and oxygen atoms in total. The van der Waals surface area contributed by atoms with Crippen molar-refractivity contribution in [1.29, 1.82) is 0 Å². The first-order valence-electron chi connectivity index (χ1n) is 6.89. The van der Waals surface area contributed by atoms with Crippen LogP contribution in [-0.2, 0) is 9.63 Å². The topological polar surface area (TPSA) is 79.1 Å². The Bertz CT molecular complexity index is 678. The zero-order valence-electron chi connectivity index (χ0n) is 13.7. The molecule has 1 atom stereocenters. The molecular formula is C16H18F3NO4. The highest BCUT2D eigenvalue weighted by molar-refractivity contribution is 5.97. The van der Waals surface area contributed by atoms with Crippen molar-refractivity contribution in [2.45, 2.75) is 39.0 Å². The van der Waals surface area contributed by atoms with Gasteiger partial charge >= 0.3 is 12.1 Å². The fourth-order valence-corrected chi connectivity index (χ4v) is 2.43. The molecule has 0 aliphatic heterocycles. The van der Waals surface area contributed by atoms with Gasteiger partial charge in [-0.05, 0) is 18.6 Å². The molecule has 0 radical (unpaired) electrons. The zero-order chi connectivity index (χ0) is 18.8. The quantitative estimate of drug-likeness (QED) is 0.458. The Morgan fingerprint density at radius 2 is 2.04 bits per heavy atom. The van der Waals surface area contributed by atoms with Gasteiger partial charge in [-0.3, -0.25) is 0 Å². The third kappa shape index (κ3) is 4.17. The minimum Gasteiger partial charge on any atom is -0.478 e. The van der Waals surface area contributed by atoms with Crippen LogP contribution < -0.4 is 0 Å². The van der Waals surface area contributed by atoms with Crippen LogP contribution in [-0.4, -0.2) is 40.8 Å². The molecule has 8 heteroatoms. The number of hydrogen-bond donors (Lipinski definition) is 2. The first-order chi connectivity index (χ1) is 10.8. The number of rotatable bonds is 2. The second-order valence-corrected chi connectivity index (χ2v) is 6.01. The van der Waals surface area contributed by atoms with Crippen molar-refractivity contribution >= 4 is 11.7 Å². The number of hydrogen-bond acceptors (Lipinski definition) is 4. The molecule has 0 saturated carbocycles. The monoisotopic (exact) mass is 345 g/mol. The third-order valence-electron chi connectivity index (χ3n) is 3.72. The van der Waals surface area contributed by atoms with E-state index in [-0.39, 0.29) is 12.5 Å². The van der Waals surface area contributed by atoms with E-state index in [0.717, 1.165) is 0 Å². The van der Waals surface area contributed by atoms with Crippen molar-refractivity contribution in [3.05, 3.63) is 23.3 Å². The van der Waals surface area contributed by atoms with Crippen LogP contribution in [0.4, 0.5) is 13.2 Å². The molecule has 1 rings (SSSR count). The number of aliphatic carboxylic acids is 1. The van der Waals surface area contributed by atoms with Gasteiger partial charge in [0, 0.05) is 17.9 Å².